The maximum Gasteiger partial charge on any atom is 0.224 e. The molecule has 0 radical (unpaired) electrons. The van der Waals surface area contributed by atoms with E-state index >= 15 is 0 Å². The van der Waals surface area contributed by atoms with E-state index in [1.165, 1.54) is 5.56 Å². The molecule has 0 unspecified atom stereocenters. The Morgan fingerprint density at radius 2 is 2.00 bits per heavy atom. The van der Waals surface area contributed by atoms with E-state index in [1.54, 1.807) is 13.4 Å². The minimum Gasteiger partial charge on any atom is -0.480 e. The predicted octanol–water partition coefficient (Wildman–Crippen LogP) is 2.76. The van der Waals surface area contributed by atoms with E-state index in [0.717, 1.165) is 10.9 Å². The predicted molar refractivity (Wildman–Crippen MR) is 60.2 cm³/mol. The molecule has 0 N–H and O–H groups in total. The van der Waals surface area contributed by atoms with E-state index in [2.05, 4.69) is 29.9 Å². The van der Waals surface area contributed by atoms with Crippen LogP contribution >= 0.6 is 0 Å². The van der Waals surface area contributed by atoms with Crippen molar-refractivity contribution in [2.45, 2.75) is 19.8 Å². The lowest BCUT2D eigenvalue weighted by Crippen LogP contribution is -1.95. The fourth-order valence-corrected chi connectivity index (χ4v) is 1.72. The minimum absolute atomic E-state index is 0.452. The third-order valence-electron chi connectivity index (χ3n) is 2.47. The molecule has 3 nitrogen and oxygen atoms in total. The molecule has 0 spiro atoms. The first-order valence-electron chi connectivity index (χ1n) is 5.01. The average molecular weight is 202 g/mol. The Morgan fingerprint density at radius 1 is 1.20 bits per heavy atom. The highest BCUT2D eigenvalue weighted by Gasteiger charge is 2.09. The Kier molecular flexibility index (Phi) is 2.54. The standard InChI is InChI=1S/C12H14N2O/c1-8(2)9-5-4-6-10-11(9)13-7-14-12(10)15-3/h4-8H,1-3H3. The lowest BCUT2D eigenvalue weighted by atomic mass is 10.0. The van der Waals surface area contributed by atoms with Gasteiger partial charge in [0.05, 0.1) is 18.0 Å². The number of rotatable bonds is 2. The Morgan fingerprint density at radius 3 is 2.67 bits per heavy atom. The van der Waals surface area contributed by atoms with Crippen LogP contribution in [0.25, 0.3) is 10.9 Å². The zero-order valence-corrected chi connectivity index (χ0v) is 9.19. The van der Waals surface area contributed by atoms with Crippen molar-refractivity contribution in [3.63, 3.8) is 0 Å². The van der Waals surface area contributed by atoms with Crippen LogP contribution in [0.5, 0.6) is 5.88 Å². The molecule has 2 aromatic rings. The second-order valence-electron chi connectivity index (χ2n) is 3.78. The van der Waals surface area contributed by atoms with Crippen molar-refractivity contribution in [1.82, 2.24) is 9.97 Å². The summed E-state index contributed by atoms with van der Waals surface area (Å²) in [6, 6.07) is 6.10. The van der Waals surface area contributed by atoms with Crippen LogP contribution in [0.4, 0.5) is 0 Å². The molecule has 0 atom stereocenters. The van der Waals surface area contributed by atoms with E-state index in [4.69, 9.17) is 4.74 Å². The Balaban J connectivity index is 2.76. The molecule has 1 heterocycles. The van der Waals surface area contributed by atoms with Crippen LogP contribution in [-0.2, 0) is 0 Å². The van der Waals surface area contributed by atoms with Gasteiger partial charge in [-0.1, -0.05) is 26.0 Å². The minimum atomic E-state index is 0.452. The molecule has 15 heavy (non-hydrogen) atoms. The average Bonchev–Trinajstić information content (AvgIpc) is 2.27. The van der Waals surface area contributed by atoms with E-state index in [9.17, 15) is 0 Å². The molecular formula is C12H14N2O. The molecule has 1 aromatic carbocycles. The van der Waals surface area contributed by atoms with Gasteiger partial charge in [-0.3, -0.25) is 0 Å². The molecule has 0 bridgehead atoms. The number of para-hydroxylation sites is 1. The number of methoxy groups -OCH3 is 1. The lowest BCUT2D eigenvalue weighted by Gasteiger charge is -2.10. The first-order chi connectivity index (χ1) is 7.24. The molecule has 0 fully saturated rings. The second kappa shape index (κ2) is 3.85. The van der Waals surface area contributed by atoms with Crippen LogP contribution in [0.2, 0.25) is 0 Å². The van der Waals surface area contributed by atoms with Gasteiger partial charge in [0.1, 0.15) is 6.33 Å². The summed E-state index contributed by atoms with van der Waals surface area (Å²) in [7, 11) is 1.63. The molecule has 3 heteroatoms. The number of nitrogens with zero attached hydrogens (tertiary/aromatic N) is 2. The number of benzene rings is 1. The largest absolute Gasteiger partial charge is 0.480 e. The SMILES string of the molecule is COc1ncnc2c(C(C)C)cccc12. The van der Waals surface area contributed by atoms with Crippen molar-refractivity contribution in [1.29, 1.82) is 0 Å². The fourth-order valence-electron chi connectivity index (χ4n) is 1.72. The molecule has 0 amide bonds. The van der Waals surface area contributed by atoms with Crippen molar-refractivity contribution in [3.05, 3.63) is 30.1 Å². The maximum atomic E-state index is 5.21. The summed E-state index contributed by atoms with van der Waals surface area (Å²) in [5.41, 5.74) is 2.22. The quantitative estimate of drug-likeness (QED) is 0.751. The third kappa shape index (κ3) is 1.65. The highest BCUT2D eigenvalue weighted by Crippen LogP contribution is 2.27. The molecule has 0 aliphatic rings. The zero-order valence-electron chi connectivity index (χ0n) is 9.19. The summed E-state index contributed by atoms with van der Waals surface area (Å²) in [4.78, 5) is 8.41. The molecular weight excluding hydrogens is 188 g/mol. The molecule has 2 rings (SSSR count). The summed E-state index contributed by atoms with van der Waals surface area (Å²) < 4.78 is 5.21. The van der Waals surface area contributed by atoms with Gasteiger partial charge in [0, 0.05) is 0 Å². The molecule has 0 saturated carbocycles. The van der Waals surface area contributed by atoms with Gasteiger partial charge in [-0.2, -0.15) is 0 Å². The monoisotopic (exact) mass is 202 g/mol. The van der Waals surface area contributed by atoms with Gasteiger partial charge in [0.25, 0.3) is 0 Å². The summed E-state index contributed by atoms with van der Waals surface area (Å²) in [5.74, 6) is 1.09. The number of ether oxygens (including phenoxy) is 1. The topological polar surface area (TPSA) is 35.0 Å². The number of fused-ring (bicyclic) bond motifs is 1. The summed E-state index contributed by atoms with van der Waals surface area (Å²) in [6.07, 6.45) is 1.55. The van der Waals surface area contributed by atoms with Crippen molar-refractivity contribution in [3.8, 4) is 5.88 Å². The van der Waals surface area contributed by atoms with Gasteiger partial charge in [-0.25, -0.2) is 9.97 Å². The zero-order chi connectivity index (χ0) is 10.8. The fraction of sp³-hybridized carbons (Fsp3) is 0.333. The normalized spacial score (nSPS) is 10.9. The molecule has 1 aromatic heterocycles. The lowest BCUT2D eigenvalue weighted by molar-refractivity contribution is 0.402. The van der Waals surface area contributed by atoms with Crippen molar-refractivity contribution in [2.75, 3.05) is 7.11 Å². The van der Waals surface area contributed by atoms with Gasteiger partial charge in [-0.05, 0) is 17.5 Å². The Hall–Kier alpha value is -1.64. The first-order valence-corrected chi connectivity index (χ1v) is 5.01. The van der Waals surface area contributed by atoms with Crippen molar-refractivity contribution < 1.29 is 4.74 Å². The highest BCUT2D eigenvalue weighted by atomic mass is 16.5. The van der Waals surface area contributed by atoms with Gasteiger partial charge < -0.3 is 4.74 Å². The van der Waals surface area contributed by atoms with E-state index in [1.807, 2.05) is 12.1 Å². The maximum absolute atomic E-state index is 5.21. The first kappa shape index (κ1) is 9.90. The van der Waals surface area contributed by atoms with Gasteiger partial charge >= 0.3 is 0 Å². The highest BCUT2D eigenvalue weighted by molar-refractivity contribution is 5.86. The molecule has 0 aliphatic carbocycles. The van der Waals surface area contributed by atoms with Gasteiger partial charge in [-0.15, -0.1) is 0 Å². The summed E-state index contributed by atoms with van der Waals surface area (Å²) in [5, 5.41) is 0.978. The van der Waals surface area contributed by atoms with Crippen LogP contribution in [0.15, 0.2) is 24.5 Å². The van der Waals surface area contributed by atoms with Crippen LogP contribution < -0.4 is 4.74 Å². The number of hydrogen-bond acceptors (Lipinski definition) is 3. The van der Waals surface area contributed by atoms with Crippen LogP contribution in [0.3, 0.4) is 0 Å². The van der Waals surface area contributed by atoms with Gasteiger partial charge in [0.15, 0.2) is 0 Å². The number of hydrogen-bond donors (Lipinski definition) is 0. The Labute approximate surface area is 89.1 Å². The summed E-state index contributed by atoms with van der Waals surface area (Å²) in [6.45, 7) is 4.31. The van der Waals surface area contributed by atoms with Crippen LogP contribution in [0.1, 0.15) is 25.3 Å². The molecule has 78 valence electrons. The van der Waals surface area contributed by atoms with Gasteiger partial charge in [0.2, 0.25) is 5.88 Å². The van der Waals surface area contributed by atoms with E-state index in [-0.39, 0.29) is 0 Å². The molecule has 0 saturated heterocycles. The smallest absolute Gasteiger partial charge is 0.224 e. The Bertz CT molecular complexity index is 480. The third-order valence-corrected chi connectivity index (χ3v) is 2.47. The summed E-state index contributed by atoms with van der Waals surface area (Å²) >= 11 is 0. The van der Waals surface area contributed by atoms with Crippen LogP contribution in [0, 0.1) is 0 Å². The number of aromatic nitrogens is 2. The van der Waals surface area contributed by atoms with Crippen LogP contribution in [-0.4, -0.2) is 17.1 Å². The molecule has 0 aliphatic heterocycles. The second-order valence-corrected chi connectivity index (χ2v) is 3.78. The van der Waals surface area contributed by atoms with Crippen molar-refractivity contribution in [2.24, 2.45) is 0 Å². The van der Waals surface area contributed by atoms with E-state index in [0.29, 0.717) is 11.8 Å². The van der Waals surface area contributed by atoms with Crippen molar-refractivity contribution >= 4 is 10.9 Å². The van der Waals surface area contributed by atoms with E-state index < -0.39 is 0 Å².